The number of anilines is 1. The predicted molar refractivity (Wildman–Crippen MR) is 114 cm³/mol. The van der Waals surface area contributed by atoms with Gasteiger partial charge >= 0.3 is 5.97 Å². The molecule has 1 aliphatic rings. The van der Waals surface area contributed by atoms with Gasteiger partial charge in [-0.25, -0.2) is 4.79 Å². The fourth-order valence-corrected chi connectivity index (χ4v) is 4.13. The molecule has 4 N–H and O–H groups in total. The molecule has 0 aromatic heterocycles. The van der Waals surface area contributed by atoms with Gasteiger partial charge in [-0.3, -0.25) is 4.79 Å². The molecule has 0 spiro atoms. The number of benzene rings is 2. The maximum absolute atomic E-state index is 12.7. The predicted octanol–water partition coefficient (Wildman–Crippen LogP) is 3.25. The summed E-state index contributed by atoms with van der Waals surface area (Å²) < 4.78 is 4.86. The molecule has 0 bridgehead atoms. The largest absolute Gasteiger partial charge is 0.467 e. The zero-order valence-corrected chi connectivity index (χ0v) is 17.5. The van der Waals surface area contributed by atoms with Crippen molar-refractivity contribution < 1.29 is 14.3 Å². The number of carbonyl (C=O) groups is 2. The Morgan fingerprint density at radius 2 is 1.90 bits per heavy atom. The molecule has 2 aromatic rings. The molecule has 8 heteroatoms. The van der Waals surface area contributed by atoms with E-state index < -0.39 is 18.1 Å². The molecule has 0 unspecified atom stereocenters. The van der Waals surface area contributed by atoms with E-state index in [4.69, 9.17) is 33.7 Å². The standard InChI is InChI=1S/C21H23Cl2N3O3/c1-29-21(28)18-11-17(20-15(23)9-14(22)10-16(20)25-18)26-19(27)8-13-4-2-12(3-5-13)6-7-24/h2-5,9-10,17-18,25H,6-8,11,24H2,1H3,(H,26,27)/t17-,18+/m0/s1. The second-order valence-electron chi connectivity index (χ2n) is 6.96. The molecule has 0 saturated carbocycles. The van der Waals surface area contributed by atoms with E-state index in [1.807, 2.05) is 24.3 Å². The van der Waals surface area contributed by atoms with Crippen LogP contribution in [0.25, 0.3) is 0 Å². The molecule has 2 aromatic carbocycles. The highest BCUT2D eigenvalue weighted by Crippen LogP contribution is 2.40. The number of methoxy groups -OCH3 is 1. The van der Waals surface area contributed by atoms with Gasteiger partial charge in [0.1, 0.15) is 6.04 Å². The highest BCUT2D eigenvalue weighted by Gasteiger charge is 2.34. The minimum atomic E-state index is -0.608. The first kappa shape index (κ1) is 21.4. The second-order valence-corrected chi connectivity index (χ2v) is 7.80. The maximum Gasteiger partial charge on any atom is 0.328 e. The van der Waals surface area contributed by atoms with Crippen LogP contribution in [0.15, 0.2) is 36.4 Å². The number of amides is 1. The number of ether oxygens (including phenoxy) is 1. The van der Waals surface area contributed by atoms with Crippen molar-refractivity contribution >= 4 is 40.8 Å². The van der Waals surface area contributed by atoms with Gasteiger partial charge in [-0.15, -0.1) is 0 Å². The van der Waals surface area contributed by atoms with Crippen LogP contribution >= 0.6 is 23.2 Å². The second kappa shape index (κ2) is 9.48. The van der Waals surface area contributed by atoms with Crippen LogP contribution in [0, 0.1) is 0 Å². The SMILES string of the molecule is COC(=O)[C@H]1C[C@H](NC(=O)Cc2ccc(CCN)cc2)c2c(Cl)cc(Cl)cc2N1. The van der Waals surface area contributed by atoms with Gasteiger partial charge in [0.2, 0.25) is 5.91 Å². The summed E-state index contributed by atoms with van der Waals surface area (Å²) in [6, 6.07) is 10.1. The topological polar surface area (TPSA) is 93.5 Å². The van der Waals surface area contributed by atoms with Gasteiger partial charge in [-0.2, -0.15) is 0 Å². The van der Waals surface area contributed by atoms with E-state index in [2.05, 4.69) is 10.6 Å². The lowest BCUT2D eigenvalue weighted by Gasteiger charge is -2.33. The summed E-state index contributed by atoms with van der Waals surface area (Å²) in [4.78, 5) is 24.8. The Balaban J connectivity index is 1.77. The minimum absolute atomic E-state index is 0.163. The molecule has 29 heavy (non-hydrogen) atoms. The number of hydrogen-bond donors (Lipinski definition) is 3. The number of fused-ring (bicyclic) bond motifs is 1. The highest BCUT2D eigenvalue weighted by atomic mass is 35.5. The van der Waals surface area contributed by atoms with Gasteiger partial charge in [-0.1, -0.05) is 47.5 Å². The molecule has 1 amide bonds. The Bertz CT molecular complexity index is 903. The van der Waals surface area contributed by atoms with E-state index in [9.17, 15) is 9.59 Å². The van der Waals surface area contributed by atoms with Crippen LogP contribution in [0.3, 0.4) is 0 Å². The average molecular weight is 436 g/mol. The van der Waals surface area contributed by atoms with Crippen LogP contribution in [-0.2, 0) is 27.2 Å². The van der Waals surface area contributed by atoms with E-state index in [1.165, 1.54) is 7.11 Å². The van der Waals surface area contributed by atoms with E-state index >= 15 is 0 Å². The molecule has 0 radical (unpaired) electrons. The Labute approximate surface area is 179 Å². The van der Waals surface area contributed by atoms with Gasteiger partial charge in [-0.05, 0) is 36.2 Å². The fourth-order valence-electron chi connectivity index (χ4n) is 3.51. The van der Waals surface area contributed by atoms with E-state index in [0.29, 0.717) is 34.3 Å². The van der Waals surface area contributed by atoms with Crippen molar-refractivity contribution in [3.8, 4) is 0 Å². The molecular weight excluding hydrogens is 413 g/mol. The first-order valence-corrected chi connectivity index (χ1v) is 10.1. The molecule has 0 saturated heterocycles. The minimum Gasteiger partial charge on any atom is -0.467 e. The number of hydrogen-bond acceptors (Lipinski definition) is 5. The Hall–Kier alpha value is -2.28. The molecule has 2 atom stereocenters. The third-order valence-corrected chi connectivity index (χ3v) is 5.42. The quantitative estimate of drug-likeness (QED) is 0.605. The molecule has 1 aliphatic heterocycles. The highest BCUT2D eigenvalue weighted by molar-refractivity contribution is 6.35. The Kier molecular flexibility index (Phi) is 7.00. The van der Waals surface area contributed by atoms with E-state index in [1.54, 1.807) is 12.1 Å². The van der Waals surface area contributed by atoms with Crippen LogP contribution in [0.4, 0.5) is 5.69 Å². The zero-order valence-electron chi connectivity index (χ0n) is 16.0. The zero-order chi connectivity index (χ0) is 21.0. The fraction of sp³-hybridized carbons (Fsp3) is 0.333. The number of nitrogens with two attached hydrogens (primary N) is 1. The van der Waals surface area contributed by atoms with Crippen molar-refractivity contribution in [3.05, 3.63) is 63.1 Å². The molecule has 3 rings (SSSR count). The summed E-state index contributed by atoms with van der Waals surface area (Å²) in [6.07, 6.45) is 1.34. The van der Waals surface area contributed by atoms with Crippen LogP contribution in [0.2, 0.25) is 10.0 Å². The van der Waals surface area contributed by atoms with Crippen molar-refractivity contribution in [1.29, 1.82) is 0 Å². The third kappa shape index (κ3) is 5.21. The van der Waals surface area contributed by atoms with Gasteiger partial charge in [0.05, 0.1) is 19.6 Å². The summed E-state index contributed by atoms with van der Waals surface area (Å²) in [5.41, 5.74) is 8.91. The normalized spacial score (nSPS) is 17.8. The maximum atomic E-state index is 12.7. The first-order valence-electron chi connectivity index (χ1n) is 9.31. The van der Waals surface area contributed by atoms with Gasteiger partial charge in [0.15, 0.2) is 0 Å². The first-order chi connectivity index (χ1) is 13.9. The van der Waals surface area contributed by atoms with Crippen molar-refractivity contribution in [2.75, 3.05) is 19.0 Å². The van der Waals surface area contributed by atoms with Gasteiger partial charge < -0.3 is 21.1 Å². The molecule has 154 valence electrons. The summed E-state index contributed by atoms with van der Waals surface area (Å²) in [5, 5.41) is 6.96. The van der Waals surface area contributed by atoms with Gasteiger partial charge in [0.25, 0.3) is 0 Å². The van der Waals surface area contributed by atoms with Crippen LogP contribution in [0.1, 0.15) is 29.2 Å². The molecule has 6 nitrogen and oxygen atoms in total. The summed E-state index contributed by atoms with van der Waals surface area (Å²) in [7, 11) is 1.33. The van der Waals surface area contributed by atoms with Crippen molar-refractivity contribution in [2.24, 2.45) is 5.73 Å². The lowest BCUT2D eigenvalue weighted by molar-refractivity contribution is -0.142. The van der Waals surface area contributed by atoms with Gasteiger partial charge in [0, 0.05) is 27.7 Å². The summed E-state index contributed by atoms with van der Waals surface area (Å²) in [6.45, 7) is 0.584. The smallest absolute Gasteiger partial charge is 0.328 e. The average Bonchev–Trinajstić information content (AvgIpc) is 2.68. The number of esters is 1. The van der Waals surface area contributed by atoms with Crippen molar-refractivity contribution in [3.63, 3.8) is 0 Å². The third-order valence-electron chi connectivity index (χ3n) is 4.89. The lowest BCUT2D eigenvalue weighted by Crippen LogP contribution is -2.42. The number of halogens is 2. The lowest BCUT2D eigenvalue weighted by atomic mass is 9.92. The monoisotopic (exact) mass is 435 g/mol. The summed E-state index contributed by atoms with van der Waals surface area (Å²) >= 11 is 12.5. The number of nitrogens with one attached hydrogen (secondary N) is 2. The van der Waals surface area contributed by atoms with E-state index in [-0.39, 0.29) is 12.3 Å². The van der Waals surface area contributed by atoms with Crippen LogP contribution in [0.5, 0.6) is 0 Å². The van der Waals surface area contributed by atoms with Crippen molar-refractivity contribution in [1.82, 2.24) is 5.32 Å². The number of rotatable bonds is 6. The molecule has 0 fully saturated rings. The molecule has 0 aliphatic carbocycles. The van der Waals surface area contributed by atoms with E-state index in [0.717, 1.165) is 17.5 Å². The molecular formula is C21H23Cl2N3O3. The Morgan fingerprint density at radius 3 is 2.55 bits per heavy atom. The van der Waals surface area contributed by atoms with Crippen LogP contribution in [-0.4, -0.2) is 31.6 Å². The van der Waals surface area contributed by atoms with Crippen molar-refractivity contribution in [2.45, 2.75) is 31.3 Å². The van der Waals surface area contributed by atoms with Crippen LogP contribution < -0.4 is 16.4 Å². The Morgan fingerprint density at radius 1 is 1.21 bits per heavy atom. The summed E-state index contributed by atoms with van der Waals surface area (Å²) in [5.74, 6) is -0.578. The number of carbonyl (C=O) groups excluding carboxylic acids is 2. The molecule has 1 heterocycles.